The van der Waals surface area contributed by atoms with E-state index >= 15 is 0 Å². The van der Waals surface area contributed by atoms with E-state index in [4.69, 9.17) is 16.1 Å². The number of halogens is 4. The summed E-state index contributed by atoms with van der Waals surface area (Å²) in [6.07, 6.45) is 1.47. The van der Waals surface area contributed by atoms with Crippen LogP contribution >= 0.6 is 25.1 Å². The molecule has 4 heterocycles. The third-order valence-electron chi connectivity index (χ3n) is 5.28. The molecular formula is C21H16ClF3N6O2S. The summed E-state index contributed by atoms with van der Waals surface area (Å²) in [5, 5.41) is 7.88. The van der Waals surface area contributed by atoms with E-state index in [1.54, 1.807) is 10.7 Å². The highest BCUT2D eigenvalue weighted by atomic mass is 35.5. The van der Waals surface area contributed by atoms with E-state index in [2.05, 4.69) is 20.2 Å². The average Bonchev–Trinajstić information content (AvgIpc) is 3.43. The summed E-state index contributed by atoms with van der Waals surface area (Å²) in [6, 6.07) is 4.61. The van der Waals surface area contributed by atoms with Gasteiger partial charge in [-0.3, -0.25) is 14.5 Å². The Bertz CT molecular complexity index is 1360. The largest absolute Gasteiger partial charge is 0.417 e. The predicted molar refractivity (Wildman–Crippen MR) is 122 cm³/mol. The number of nitrogens with zero attached hydrogens (tertiary/aromatic N) is 6. The van der Waals surface area contributed by atoms with Gasteiger partial charge in [-0.1, -0.05) is 16.8 Å². The molecule has 4 aromatic rings. The first kappa shape index (κ1) is 23.8. The molecule has 0 unspecified atom stereocenters. The lowest BCUT2D eigenvalue weighted by atomic mass is 10.1. The molecule has 1 aliphatic rings. The molecule has 0 saturated carbocycles. The lowest BCUT2D eigenvalue weighted by molar-refractivity contribution is -0.137. The normalized spacial score (nSPS) is 15.7. The van der Waals surface area contributed by atoms with Gasteiger partial charge in [0.15, 0.2) is 5.76 Å². The van der Waals surface area contributed by atoms with Gasteiger partial charge in [0, 0.05) is 30.7 Å². The molecule has 8 nitrogen and oxygen atoms in total. The van der Waals surface area contributed by atoms with Crippen molar-refractivity contribution in [3.8, 4) is 22.7 Å². The maximum absolute atomic E-state index is 13.4. The first-order valence-electron chi connectivity index (χ1n) is 9.73. The summed E-state index contributed by atoms with van der Waals surface area (Å²) in [5.74, 6) is -0.0822. The minimum Gasteiger partial charge on any atom is -0.354 e. The van der Waals surface area contributed by atoms with Crippen LogP contribution in [0.2, 0.25) is 5.02 Å². The molecule has 3 aromatic heterocycles. The Morgan fingerprint density at radius 1 is 1.15 bits per heavy atom. The average molecular weight is 509 g/mol. The second-order valence-electron chi connectivity index (χ2n) is 7.45. The molecule has 1 atom stereocenters. The summed E-state index contributed by atoms with van der Waals surface area (Å²) in [7, 11) is 0. The van der Waals surface area contributed by atoms with Crippen LogP contribution in [0.4, 0.5) is 18.9 Å². The number of alkyl halides is 3. The van der Waals surface area contributed by atoms with Gasteiger partial charge in [-0.2, -0.15) is 31.8 Å². The van der Waals surface area contributed by atoms with Crippen molar-refractivity contribution in [3.63, 3.8) is 0 Å². The van der Waals surface area contributed by atoms with Gasteiger partial charge in [0.25, 0.3) is 5.91 Å². The first-order valence-corrected chi connectivity index (χ1v) is 10.1. The van der Waals surface area contributed by atoms with Crippen molar-refractivity contribution in [2.75, 3.05) is 11.4 Å². The SMILES string of the molecule is C[C@H]1CN(c2ccc(C(F)(F)F)c(Cl)c2)C(=O)c2c(-c3cc(-c4cnccn4)on3)cnn21.S. The number of anilines is 1. The second kappa shape index (κ2) is 8.76. The predicted octanol–water partition coefficient (Wildman–Crippen LogP) is 5.00. The molecule has 0 spiro atoms. The molecule has 0 saturated heterocycles. The fourth-order valence-electron chi connectivity index (χ4n) is 3.72. The zero-order valence-corrected chi connectivity index (χ0v) is 19.2. The van der Waals surface area contributed by atoms with Crippen molar-refractivity contribution in [2.24, 2.45) is 0 Å². The summed E-state index contributed by atoms with van der Waals surface area (Å²) in [4.78, 5) is 22.9. The molecule has 0 fully saturated rings. The molecule has 1 aliphatic heterocycles. The summed E-state index contributed by atoms with van der Waals surface area (Å²) in [6.45, 7) is 2.05. The van der Waals surface area contributed by atoms with E-state index in [9.17, 15) is 18.0 Å². The number of rotatable bonds is 3. The van der Waals surface area contributed by atoms with Crippen LogP contribution in [0.1, 0.15) is 29.0 Å². The van der Waals surface area contributed by atoms with Gasteiger partial charge in [-0.05, 0) is 25.1 Å². The number of hydrogen-bond donors (Lipinski definition) is 0. The number of aromatic nitrogens is 5. The zero-order valence-electron chi connectivity index (χ0n) is 17.4. The van der Waals surface area contributed by atoms with Crippen LogP contribution in [0, 0.1) is 0 Å². The molecule has 34 heavy (non-hydrogen) atoms. The number of carbonyl (C=O) groups is 1. The fraction of sp³-hybridized carbons (Fsp3) is 0.190. The van der Waals surface area contributed by atoms with Crippen LogP contribution in [-0.4, -0.2) is 37.4 Å². The Labute approximate surface area is 202 Å². The first-order chi connectivity index (χ1) is 15.7. The van der Waals surface area contributed by atoms with Crippen molar-refractivity contribution in [1.29, 1.82) is 0 Å². The van der Waals surface area contributed by atoms with E-state index in [1.807, 2.05) is 6.92 Å². The number of amides is 1. The van der Waals surface area contributed by atoms with Crippen molar-refractivity contribution >= 4 is 36.7 Å². The molecule has 0 N–H and O–H groups in total. The standard InChI is InChI=1S/C21H14ClF3N6O2.H2S/c1-11-10-30(12-2-3-14(15(22)6-12)21(23,24)25)20(32)19-13(8-28-31(11)19)16-7-18(33-29-16)17-9-26-4-5-27-17;/h2-9,11H,10H2,1H3;1H2/t11-;/m0./s1. The molecule has 1 amide bonds. The Balaban J connectivity index is 0.00000274. The highest BCUT2D eigenvalue weighted by Gasteiger charge is 2.37. The van der Waals surface area contributed by atoms with Crippen molar-refractivity contribution in [2.45, 2.75) is 19.1 Å². The Morgan fingerprint density at radius 2 is 1.94 bits per heavy atom. The zero-order chi connectivity index (χ0) is 23.3. The number of hydrogen-bond acceptors (Lipinski definition) is 6. The molecular weight excluding hydrogens is 493 g/mol. The van der Waals surface area contributed by atoms with Gasteiger partial charge >= 0.3 is 6.18 Å². The van der Waals surface area contributed by atoms with Crippen molar-refractivity contribution in [3.05, 3.63) is 65.3 Å². The van der Waals surface area contributed by atoms with Crippen LogP contribution < -0.4 is 4.90 Å². The highest BCUT2D eigenvalue weighted by molar-refractivity contribution is 7.59. The van der Waals surface area contributed by atoms with Gasteiger partial charge in [-0.25, -0.2) is 4.98 Å². The third kappa shape index (κ3) is 4.03. The van der Waals surface area contributed by atoms with Crippen molar-refractivity contribution < 1.29 is 22.5 Å². The third-order valence-corrected chi connectivity index (χ3v) is 5.59. The minimum atomic E-state index is -4.59. The van der Waals surface area contributed by atoms with E-state index in [0.717, 1.165) is 12.1 Å². The Morgan fingerprint density at radius 3 is 2.62 bits per heavy atom. The Hall–Kier alpha value is -3.38. The summed E-state index contributed by atoms with van der Waals surface area (Å²) in [5.41, 5.74) is 0.791. The van der Waals surface area contributed by atoms with Crippen LogP contribution in [0.25, 0.3) is 22.7 Å². The second-order valence-corrected chi connectivity index (χ2v) is 7.85. The monoisotopic (exact) mass is 508 g/mol. The summed E-state index contributed by atoms with van der Waals surface area (Å²) < 4.78 is 46.2. The number of carbonyl (C=O) groups excluding carboxylic acids is 1. The molecule has 0 bridgehead atoms. The maximum Gasteiger partial charge on any atom is 0.417 e. The molecule has 13 heteroatoms. The van der Waals surface area contributed by atoms with Crippen molar-refractivity contribution in [1.82, 2.24) is 24.9 Å². The molecule has 0 radical (unpaired) electrons. The molecule has 176 valence electrons. The van der Waals surface area contributed by atoms with Crippen LogP contribution in [0.3, 0.4) is 0 Å². The molecule has 0 aliphatic carbocycles. The lowest BCUT2D eigenvalue weighted by Gasteiger charge is -2.32. The van der Waals surface area contributed by atoms with Crippen LogP contribution in [-0.2, 0) is 6.18 Å². The maximum atomic E-state index is 13.4. The van der Waals surface area contributed by atoms with E-state index in [0.29, 0.717) is 22.7 Å². The van der Waals surface area contributed by atoms with E-state index < -0.39 is 22.7 Å². The molecule has 1 aromatic carbocycles. The van der Waals surface area contributed by atoms with Crippen LogP contribution in [0.5, 0.6) is 0 Å². The highest BCUT2D eigenvalue weighted by Crippen LogP contribution is 2.38. The number of benzene rings is 1. The van der Waals surface area contributed by atoms with Crippen LogP contribution in [0.15, 0.2) is 53.6 Å². The van der Waals surface area contributed by atoms with Gasteiger partial charge in [0.05, 0.1) is 34.6 Å². The van der Waals surface area contributed by atoms with Gasteiger partial charge in [0.1, 0.15) is 17.1 Å². The summed E-state index contributed by atoms with van der Waals surface area (Å²) >= 11 is 5.88. The van der Waals surface area contributed by atoms with E-state index in [-0.39, 0.29) is 37.5 Å². The van der Waals surface area contributed by atoms with Gasteiger partial charge < -0.3 is 9.42 Å². The van der Waals surface area contributed by atoms with Gasteiger partial charge in [0.2, 0.25) is 0 Å². The fourth-order valence-corrected chi connectivity index (χ4v) is 4.00. The quantitative estimate of drug-likeness (QED) is 0.387. The smallest absolute Gasteiger partial charge is 0.354 e. The lowest BCUT2D eigenvalue weighted by Crippen LogP contribution is -2.42. The van der Waals surface area contributed by atoms with Gasteiger partial charge in [-0.15, -0.1) is 0 Å². The number of fused-ring (bicyclic) bond motifs is 1. The Kier molecular flexibility index (Phi) is 6.13. The topological polar surface area (TPSA) is 89.9 Å². The molecule has 5 rings (SSSR count). The van der Waals surface area contributed by atoms with E-state index in [1.165, 1.54) is 35.8 Å². The minimum absolute atomic E-state index is 0.